The number of nitrogens with two attached hydrogens (primary N) is 1. The van der Waals surface area contributed by atoms with Gasteiger partial charge in [0.05, 0.1) is 17.9 Å². The molecule has 2 rings (SSSR count). The molecular formula is C13H15BrN4O2. The Kier molecular flexibility index (Phi) is 4.75. The quantitative estimate of drug-likeness (QED) is 0.871. The number of rotatable bonds is 5. The van der Waals surface area contributed by atoms with E-state index in [1.807, 2.05) is 0 Å². The number of hydrogen-bond donors (Lipinski definition) is 2. The molecule has 0 saturated carbocycles. The van der Waals surface area contributed by atoms with E-state index in [9.17, 15) is 4.79 Å². The van der Waals surface area contributed by atoms with Crippen LogP contribution in [0.4, 0.5) is 5.69 Å². The minimum atomic E-state index is -0.266. The van der Waals surface area contributed by atoms with Gasteiger partial charge in [-0.3, -0.25) is 4.79 Å². The molecule has 2 aromatic rings. The summed E-state index contributed by atoms with van der Waals surface area (Å²) in [6, 6.07) is 5.30. The molecule has 7 heteroatoms. The summed E-state index contributed by atoms with van der Waals surface area (Å²) in [5.41, 5.74) is 6.46. The number of amides is 1. The second-order valence-electron chi connectivity index (χ2n) is 4.09. The molecular weight excluding hydrogens is 324 g/mol. The average molecular weight is 339 g/mol. The van der Waals surface area contributed by atoms with Gasteiger partial charge in [0.1, 0.15) is 11.4 Å². The summed E-state index contributed by atoms with van der Waals surface area (Å²) in [7, 11) is 1.59. The van der Waals surface area contributed by atoms with E-state index in [1.54, 1.807) is 42.4 Å². The van der Waals surface area contributed by atoms with Crippen LogP contribution < -0.4 is 15.8 Å². The number of carbonyl (C=O) groups excluding carboxylic acids is 1. The van der Waals surface area contributed by atoms with Crippen LogP contribution in [0.25, 0.3) is 0 Å². The van der Waals surface area contributed by atoms with E-state index < -0.39 is 0 Å². The van der Waals surface area contributed by atoms with Crippen molar-refractivity contribution in [2.24, 2.45) is 5.73 Å². The lowest BCUT2D eigenvalue weighted by Gasteiger charge is -2.07. The zero-order chi connectivity index (χ0) is 14.5. The predicted octanol–water partition coefficient (Wildman–Crippen LogP) is 1.87. The Balaban J connectivity index is 2.08. The van der Waals surface area contributed by atoms with Crippen LogP contribution in [-0.2, 0) is 6.54 Å². The standard InChI is InChI=1S/C13H15BrN4O2/c1-20-12-3-2-9(6-10(12)14)17-13(19)11-7-18(5-4-15)8-16-11/h2-3,6-8H,4-5,15H2,1H3,(H,17,19). The molecule has 0 spiro atoms. The number of anilines is 1. The molecule has 0 radical (unpaired) electrons. The topological polar surface area (TPSA) is 82.2 Å². The zero-order valence-corrected chi connectivity index (χ0v) is 12.6. The Hall–Kier alpha value is -1.86. The molecule has 1 aromatic heterocycles. The zero-order valence-electron chi connectivity index (χ0n) is 11.0. The number of imidazole rings is 1. The lowest BCUT2D eigenvalue weighted by Crippen LogP contribution is -2.12. The van der Waals surface area contributed by atoms with Crippen LogP contribution >= 0.6 is 15.9 Å². The number of aromatic nitrogens is 2. The Morgan fingerprint density at radius 3 is 3.00 bits per heavy atom. The molecule has 1 aromatic carbocycles. The van der Waals surface area contributed by atoms with Crippen molar-refractivity contribution in [2.45, 2.75) is 6.54 Å². The van der Waals surface area contributed by atoms with Crippen LogP contribution in [0, 0.1) is 0 Å². The molecule has 3 N–H and O–H groups in total. The van der Waals surface area contributed by atoms with Gasteiger partial charge in [-0.25, -0.2) is 4.98 Å². The fourth-order valence-electron chi connectivity index (χ4n) is 1.69. The second-order valence-corrected chi connectivity index (χ2v) is 4.94. The first-order chi connectivity index (χ1) is 9.63. The number of ether oxygens (including phenoxy) is 1. The molecule has 0 unspecified atom stereocenters. The van der Waals surface area contributed by atoms with Gasteiger partial charge in [-0.2, -0.15) is 0 Å². The van der Waals surface area contributed by atoms with E-state index >= 15 is 0 Å². The highest BCUT2D eigenvalue weighted by Crippen LogP contribution is 2.27. The van der Waals surface area contributed by atoms with Crippen molar-refractivity contribution >= 4 is 27.5 Å². The van der Waals surface area contributed by atoms with Crippen molar-refractivity contribution in [3.05, 3.63) is 40.9 Å². The molecule has 0 fully saturated rings. The third kappa shape index (κ3) is 3.37. The lowest BCUT2D eigenvalue weighted by atomic mass is 10.3. The number of methoxy groups -OCH3 is 1. The summed E-state index contributed by atoms with van der Waals surface area (Å²) in [6.45, 7) is 1.14. The van der Waals surface area contributed by atoms with Gasteiger partial charge in [-0.1, -0.05) is 0 Å². The van der Waals surface area contributed by atoms with Crippen LogP contribution in [-0.4, -0.2) is 29.1 Å². The maximum absolute atomic E-state index is 12.0. The Morgan fingerprint density at radius 1 is 1.55 bits per heavy atom. The van der Waals surface area contributed by atoms with Crippen LogP contribution in [0.15, 0.2) is 35.2 Å². The van der Waals surface area contributed by atoms with Crippen LogP contribution in [0.1, 0.15) is 10.5 Å². The van der Waals surface area contributed by atoms with Gasteiger partial charge in [-0.05, 0) is 34.1 Å². The van der Waals surface area contributed by atoms with Crippen LogP contribution in [0.3, 0.4) is 0 Å². The Labute approximate surface area is 125 Å². The number of nitrogens with one attached hydrogen (secondary N) is 1. The van der Waals surface area contributed by atoms with Gasteiger partial charge in [0.25, 0.3) is 5.91 Å². The molecule has 0 aliphatic carbocycles. The first kappa shape index (κ1) is 14.5. The largest absolute Gasteiger partial charge is 0.496 e. The number of nitrogens with zero attached hydrogens (tertiary/aromatic N) is 2. The highest BCUT2D eigenvalue weighted by molar-refractivity contribution is 9.10. The van der Waals surface area contributed by atoms with Gasteiger partial charge in [-0.15, -0.1) is 0 Å². The first-order valence-corrected chi connectivity index (χ1v) is 6.80. The third-order valence-corrected chi connectivity index (χ3v) is 3.28. The number of hydrogen-bond acceptors (Lipinski definition) is 4. The minimum absolute atomic E-state index is 0.266. The van der Waals surface area contributed by atoms with Crippen LogP contribution in [0.2, 0.25) is 0 Å². The monoisotopic (exact) mass is 338 g/mol. The summed E-state index contributed by atoms with van der Waals surface area (Å²) in [5, 5.41) is 2.77. The fraction of sp³-hybridized carbons (Fsp3) is 0.231. The van der Waals surface area contributed by atoms with Crippen LogP contribution in [0.5, 0.6) is 5.75 Å². The number of carbonyl (C=O) groups is 1. The van der Waals surface area contributed by atoms with Crippen molar-refractivity contribution < 1.29 is 9.53 Å². The number of halogens is 1. The second kappa shape index (κ2) is 6.53. The molecule has 0 aliphatic heterocycles. The molecule has 6 nitrogen and oxygen atoms in total. The van der Waals surface area contributed by atoms with Gasteiger partial charge >= 0.3 is 0 Å². The van der Waals surface area contributed by atoms with E-state index in [0.717, 1.165) is 4.47 Å². The Morgan fingerprint density at radius 2 is 2.35 bits per heavy atom. The molecule has 1 heterocycles. The van der Waals surface area contributed by atoms with E-state index in [4.69, 9.17) is 10.5 Å². The maximum Gasteiger partial charge on any atom is 0.275 e. The fourth-order valence-corrected chi connectivity index (χ4v) is 2.23. The van der Waals surface area contributed by atoms with E-state index in [-0.39, 0.29) is 5.91 Å². The summed E-state index contributed by atoms with van der Waals surface area (Å²) in [4.78, 5) is 16.1. The molecule has 20 heavy (non-hydrogen) atoms. The average Bonchev–Trinajstić information content (AvgIpc) is 2.88. The smallest absolute Gasteiger partial charge is 0.275 e. The van der Waals surface area contributed by atoms with Gasteiger partial charge in [0.15, 0.2) is 0 Å². The first-order valence-electron chi connectivity index (χ1n) is 6.00. The van der Waals surface area contributed by atoms with Crippen molar-refractivity contribution in [1.82, 2.24) is 9.55 Å². The summed E-state index contributed by atoms with van der Waals surface area (Å²) in [5.74, 6) is 0.438. The normalized spacial score (nSPS) is 10.3. The third-order valence-electron chi connectivity index (χ3n) is 2.66. The number of benzene rings is 1. The predicted molar refractivity (Wildman–Crippen MR) is 79.9 cm³/mol. The highest BCUT2D eigenvalue weighted by atomic mass is 79.9. The molecule has 0 saturated heterocycles. The molecule has 0 aliphatic rings. The van der Waals surface area contributed by atoms with E-state index in [1.165, 1.54) is 0 Å². The molecule has 106 valence electrons. The van der Waals surface area contributed by atoms with Crippen molar-refractivity contribution in [3.8, 4) is 5.75 Å². The van der Waals surface area contributed by atoms with Gasteiger partial charge in [0, 0.05) is 25.0 Å². The van der Waals surface area contributed by atoms with Gasteiger partial charge < -0.3 is 20.4 Å². The van der Waals surface area contributed by atoms with Crippen molar-refractivity contribution in [3.63, 3.8) is 0 Å². The molecule has 0 atom stereocenters. The Bertz CT molecular complexity index is 612. The summed E-state index contributed by atoms with van der Waals surface area (Å²) in [6.07, 6.45) is 3.26. The van der Waals surface area contributed by atoms with Gasteiger partial charge in [0.2, 0.25) is 0 Å². The molecule has 1 amide bonds. The SMILES string of the molecule is COc1ccc(NC(=O)c2cn(CCN)cn2)cc1Br. The molecule has 0 bridgehead atoms. The summed E-state index contributed by atoms with van der Waals surface area (Å²) < 4.78 is 7.68. The lowest BCUT2D eigenvalue weighted by molar-refractivity contribution is 0.102. The maximum atomic E-state index is 12.0. The highest BCUT2D eigenvalue weighted by Gasteiger charge is 2.10. The van der Waals surface area contributed by atoms with E-state index in [2.05, 4.69) is 26.2 Å². The van der Waals surface area contributed by atoms with Crippen molar-refractivity contribution in [1.29, 1.82) is 0 Å². The summed E-state index contributed by atoms with van der Waals surface area (Å²) >= 11 is 3.37. The van der Waals surface area contributed by atoms with Crippen molar-refractivity contribution in [2.75, 3.05) is 19.0 Å². The minimum Gasteiger partial charge on any atom is -0.496 e. The van der Waals surface area contributed by atoms with E-state index in [0.29, 0.717) is 30.2 Å².